The van der Waals surface area contributed by atoms with Crippen LogP contribution < -0.4 is 5.73 Å². The van der Waals surface area contributed by atoms with Crippen LogP contribution in [0.1, 0.15) is 12.0 Å². The zero-order chi connectivity index (χ0) is 8.97. The summed E-state index contributed by atoms with van der Waals surface area (Å²) in [4.78, 5) is 0. The summed E-state index contributed by atoms with van der Waals surface area (Å²) < 4.78 is 0.735. The zero-order valence-electron chi connectivity index (χ0n) is 6.76. The lowest BCUT2D eigenvalue weighted by atomic mass is 10.1. The van der Waals surface area contributed by atoms with E-state index in [0.29, 0.717) is 12.3 Å². The highest BCUT2D eigenvalue weighted by Gasteiger charge is 1.98. The van der Waals surface area contributed by atoms with Crippen LogP contribution >= 0.6 is 15.9 Å². The SMILES string of the molecule is NCCCc1ccc(Br)c(O)c1. The molecule has 1 rings (SSSR count). The van der Waals surface area contributed by atoms with Gasteiger partial charge in [0.1, 0.15) is 5.75 Å². The van der Waals surface area contributed by atoms with Gasteiger partial charge in [0, 0.05) is 0 Å². The number of halogens is 1. The van der Waals surface area contributed by atoms with Gasteiger partial charge in [0.15, 0.2) is 0 Å². The van der Waals surface area contributed by atoms with Crippen molar-refractivity contribution >= 4 is 15.9 Å². The van der Waals surface area contributed by atoms with Crippen LogP contribution in [0.4, 0.5) is 0 Å². The van der Waals surface area contributed by atoms with Gasteiger partial charge in [-0.2, -0.15) is 0 Å². The molecule has 66 valence electrons. The molecule has 1 aromatic rings. The predicted molar refractivity (Wildman–Crippen MR) is 53.2 cm³/mol. The Bertz CT molecular complexity index is 263. The van der Waals surface area contributed by atoms with Crippen LogP contribution in [0, 0.1) is 0 Å². The molecule has 0 aliphatic heterocycles. The quantitative estimate of drug-likeness (QED) is 0.834. The van der Waals surface area contributed by atoms with Crippen LogP contribution in [0.3, 0.4) is 0 Å². The Kier molecular flexibility index (Phi) is 3.56. The van der Waals surface area contributed by atoms with E-state index in [0.717, 1.165) is 22.9 Å². The van der Waals surface area contributed by atoms with E-state index in [4.69, 9.17) is 5.73 Å². The summed E-state index contributed by atoms with van der Waals surface area (Å²) in [6.45, 7) is 0.691. The molecule has 0 heterocycles. The fraction of sp³-hybridized carbons (Fsp3) is 0.333. The van der Waals surface area contributed by atoms with Crippen LogP contribution in [-0.2, 0) is 6.42 Å². The van der Waals surface area contributed by atoms with Gasteiger partial charge in [-0.25, -0.2) is 0 Å². The minimum Gasteiger partial charge on any atom is -0.507 e. The maximum atomic E-state index is 9.32. The maximum absolute atomic E-state index is 9.32. The molecule has 0 saturated carbocycles. The molecule has 0 aromatic heterocycles. The van der Waals surface area contributed by atoms with Crippen molar-refractivity contribution < 1.29 is 5.11 Å². The van der Waals surface area contributed by atoms with Crippen molar-refractivity contribution in [1.29, 1.82) is 0 Å². The maximum Gasteiger partial charge on any atom is 0.130 e. The van der Waals surface area contributed by atoms with E-state index in [1.807, 2.05) is 12.1 Å². The third-order valence-corrected chi connectivity index (χ3v) is 2.35. The normalized spacial score (nSPS) is 10.2. The molecule has 0 atom stereocenters. The van der Waals surface area contributed by atoms with Crippen molar-refractivity contribution in [3.8, 4) is 5.75 Å². The zero-order valence-corrected chi connectivity index (χ0v) is 8.34. The van der Waals surface area contributed by atoms with Gasteiger partial charge in [0.25, 0.3) is 0 Å². The minimum absolute atomic E-state index is 0.296. The first-order valence-corrected chi connectivity index (χ1v) is 4.71. The van der Waals surface area contributed by atoms with E-state index in [2.05, 4.69) is 15.9 Å². The molecule has 1 aromatic carbocycles. The van der Waals surface area contributed by atoms with E-state index in [9.17, 15) is 5.11 Å². The topological polar surface area (TPSA) is 46.2 Å². The van der Waals surface area contributed by atoms with Gasteiger partial charge in [-0.1, -0.05) is 6.07 Å². The van der Waals surface area contributed by atoms with Gasteiger partial charge < -0.3 is 10.8 Å². The Balaban J connectivity index is 2.69. The highest BCUT2D eigenvalue weighted by atomic mass is 79.9. The second-order valence-electron chi connectivity index (χ2n) is 2.68. The smallest absolute Gasteiger partial charge is 0.130 e. The number of aryl methyl sites for hydroxylation is 1. The van der Waals surface area contributed by atoms with Gasteiger partial charge in [-0.15, -0.1) is 0 Å². The number of nitrogens with two attached hydrogens (primary N) is 1. The summed E-state index contributed by atoms with van der Waals surface area (Å²) in [6, 6.07) is 5.60. The summed E-state index contributed by atoms with van der Waals surface area (Å²) in [6.07, 6.45) is 1.89. The molecule has 0 aliphatic carbocycles. The monoisotopic (exact) mass is 229 g/mol. The molecule has 12 heavy (non-hydrogen) atoms. The van der Waals surface area contributed by atoms with Gasteiger partial charge in [0.05, 0.1) is 4.47 Å². The van der Waals surface area contributed by atoms with Crippen LogP contribution in [-0.4, -0.2) is 11.7 Å². The fourth-order valence-electron chi connectivity index (χ4n) is 1.02. The summed E-state index contributed by atoms with van der Waals surface area (Å²) in [7, 11) is 0. The lowest BCUT2D eigenvalue weighted by molar-refractivity contribution is 0.471. The van der Waals surface area contributed by atoms with Crippen molar-refractivity contribution in [1.82, 2.24) is 0 Å². The summed E-state index contributed by atoms with van der Waals surface area (Å²) >= 11 is 3.22. The Labute approximate surface area is 80.5 Å². The first-order valence-electron chi connectivity index (χ1n) is 3.91. The van der Waals surface area contributed by atoms with Gasteiger partial charge in [-0.3, -0.25) is 0 Å². The molecule has 2 nitrogen and oxygen atoms in total. The number of hydrogen-bond acceptors (Lipinski definition) is 2. The second-order valence-corrected chi connectivity index (χ2v) is 3.53. The molecule has 0 saturated heterocycles. The number of benzene rings is 1. The Morgan fingerprint density at radius 3 is 2.75 bits per heavy atom. The number of phenols is 1. The summed E-state index contributed by atoms with van der Waals surface area (Å²) in [5.74, 6) is 0.296. The molecule has 3 N–H and O–H groups in total. The Hall–Kier alpha value is -0.540. The standard InChI is InChI=1S/C9H12BrNO/c10-8-4-3-7(2-1-5-11)6-9(8)12/h3-4,6,12H,1-2,5,11H2. The number of phenolic OH excluding ortho intramolecular Hbond substituents is 1. The number of aromatic hydroxyl groups is 1. The Morgan fingerprint density at radius 2 is 2.17 bits per heavy atom. The van der Waals surface area contributed by atoms with Crippen molar-refractivity contribution in [2.24, 2.45) is 5.73 Å². The highest BCUT2D eigenvalue weighted by molar-refractivity contribution is 9.10. The van der Waals surface area contributed by atoms with Gasteiger partial charge >= 0.3 is 0 Å². The van der Waals surface area contributed by atoms with Crippen molar-refractivity contribution in [2.75, 3.05) is 6.54 Å². The van der Waals surface area contributed by atoms with Crippen LogP contribution in [0.15, 0.2) is 22.7 Å². The third-order valence-electron chi connectivity index (χ3n) is 1.68. The van der Waals surface area contributed by atoms with Crippen LogP contribution in [0.2, 0.25) is 0 Å². The molecule has 0 spiro atoms. The molecule has 0 bridgehead atoms. The highest BCUT2D eigenvalue weighted by Crippen LogP contribution is 2.24. The molecule has 3 heteroatoms. The van der Waals surface area contributed by atoms with Crippen molar-refractivity contribution in [3.05, 3.63) is 28.2 Å². The Morgan fingerprint density at radius 1 is 1.42 bits per heavy atom. The van der Waals surface area contributed by atoms with Crippen molar-refractivity contribution in [2.45, 2.75) is 12.8 Å². The average Bonchev–Trinajstić information content (AvgIpc) is 2.07. The van der Waals surface area contributed by atoms with Crippen molar-refractivity contribution in [3.63, 3.8) is 0 Å². The minimum atomic E-state index is 0.296. The number of hydrogen-bond donors (Lipinski definition) is 2. The first kappa shape index (κ1) is 9.55. The van der Waals surface area contributed by atoms with E-state index in [1.165, 1.54) is 0 Å². The summed E-state index contributed by atoms with van der Waals surface area (Å²) in [5, 5.41) is 9.32. The van der Waals surface area contributed by atoms with Crippen LogP contribution in [0.25, 0.3) is 0 Å². The molecular formula is C9H12BrNO. The van der Waals surface area contributed by atoms with Gasteiger partial charge in [0.2, 0.25) is 0 Å². The first-order chi connectivity index (χ1) is 5.74. The van der Waals surface area contributed by atoms with E-state index in [-0.39, 0.29) is 0 Å². The van der Waals surface area contributed by atoms with Gasteiger partial charge in [-0.05, 0) is 53.0 Å². The fourth-order valence-corrected chi connectivity index (χ4v) is 1.27. The molecule has 0 radical (unpaired) electrons. The lowest BCUT2D eigenvalue weighted by Gasteiger charge is -2.01. The van der Waals surface area contributed by atoms with Crippen LogP contribution in [0.5, 0.6) is 5.75 Å². The molecule has 0 unspecified atom stereocenters. The third kappa shape index (κ3) is 2.50. The second kappa shape index (κ2) is 4.48. The summed E-state index contributed by atoms with van der Waals surface area (Å²) in [5.41, 5.74) is 6.50. The number of rotatable bonds is 3. The van der Waals surface area contributed by atoms with E-state index >= 15 is 0 Å². The lowest BCUT2D eigenvalue weighted by Crippen LogP contribution is -2.00. The average molecular weight is 230 g/mol. The van der Waals surface area contributed by atoms with E-state index < -0.39 is 0 Å². The van der Waals surface area contributed by atoms with E-state index in [1.54, 1.807) is 6.07 Å². The molecule has 0 aliphatic rings. The molecule has 0 fully saturated rings. The largest absolute Gasteiger partial charge is 0.507 e. The molecule has 0 amide bonds. The molecular weight excluding hydrogens is 218 g/mol. The predicted octanol–water partition coefficient (Wildman–Crippen LogP) is 2.05.